The van der Waals surface area contributed by atoms with E-state index < -0.39 is 0 Å². The molecule has 5 heteroatoms. The van der Waals surface area contributed by atoms with Gasteiger partial charge in [0.2, 0.25) is 5.91 Å². The average Bonchev–Trinajstić information content (AvgIpc) is 2.40. The molecule has 0 aliphatic carbocycles. The molecule has 0 radical (unpaired) electrons. The summed E-state index contributed by atoms with van der Waals surface area (Å²) >= 11 is 3.36. The van der Waals surface area contributed by atoms with E-state index in [2.05, 4.69) is 26.6 Å². The fraction of sp³-hybridized carbons (Fsp3) is 0.462. The molecular weight excluding hydrogens is 296 g/mol. The van der Waals surface area contributed by atoms with Crippen LogP contribution < -0.4 is 10.6 Å². The van der Waals surface area contributed by atoms with Gasteiger partial charge in [0.1, 0.15) is 0 Å². The summed E-state index contributed by atoms with van der Waals surface area (Å²) in [5.74, 6) is -0.0104. The van der Waals surface area contributed by atoms with Crippen molar-refractivity contribution < 1.29 is 9.53 Å². The van der Waals surface area contributed by atoms with Crippen LogP contribution >= 0.6 is 15.9 Å². The van der Waals surface area contributed by atoms with Gasteiger partial charge in [-0.05, 0) is 37.1 Å². The Morgan fingerprint density at radius 2 is 1.94 bits per heavy atom. The van der Waals surface area contributed by atoms with Crippen molar-refractivity contribution >= 4 is 27.5 Å². The molecule has 1 fully saturated rings. The number of rotatable bonds is 4. The van der Waals surface area contributed by atoms with Gasteiger partial charge in [-0.2, -0.15) is 0 Å². The highest BCUT2D eigenvalue weighted by Crippen LogP contribution is 2.13. The maximum Gasteiger partial charge on any atom is 0.238 e. The van der Waals surface area contributed by atoms with Crippen molar-refractivity contribution in [2.24, 2.45) is 0 Å². The minimum Gasteiger partial charge on any atom is -0.381 e. The summed E-state index contributed by atoms with van der Waals surface area (Å²) in [5.41, 5.74) is 0.817. The second kappa shape index (κ2) is 6.87. The Bertz CT molecular complexity index is 388. The monoisotopic (exact) mass is 312 g/mol. The maximum atomic E-state index is 11.7. The van der Waals surface area contributed by atoms with Crippen molar-refractivity contribution in [3.63, 3.8) is 0 Å². The number of carbonyl (C=O) groups excluding carboxylic acids is 1. The molecule has 1 aliphatic heterocycles. The van der Waals surface area contributed by atoms with E-state index in [4.69, 9.17) is 4.74 Å². The quantitative estimate of drug-likeness (QED) is 0.895. The Labute approximate surface area is 115 Å². The lowest BCUT2D eigenvalue weighted by Crippen LogP contribution is -2.39. The number of hydrogen-bond acceptors (Lipinski definition) is 3. The van der Waals surface area contributed by atoms with Gasteiger partial charge < -0.3 is 15.4 Å². The molecule has 1 heterocycles. The van der Waals surface area contributed by atoms with Crippen LogP contribution in [-0.4, -0.2) is 31.7 Å². The first kappa shape index (κ1) is 13.5. The minimum atomic E-state index is -0.0104. The van der Waals surface area contributed by atoms with Gasteiger partial charge in [-0.1, -0.05) is 15.9 Å². The van der Waals surface area contributed by atoms with Crippen LogP contribution in [0.3, 0.4) is 0 Å². The molecule has 0 unspecified atom stereocenters. The highest BCUT2D eigenvalue weighted by atomic mass is 79.9. The first-order valence-electron chi connectivity index (χ1n) is 6.10. The predicted molar refractivity (Wildman–Crippen MR) is 74.6 cm³/mol. The molecule has 1 aliphatic rings. The van der Waals surface area contributed by atoms with Crippen LogP contribution in [0, 0.1) is 0 Å². The van der Waals surface area contributed by atoms with E-state index >= 15 is 0 Å². The van der Waals surface area contributed by atoms with Crippen molar-refractivity contribution in [3.8, 4) is 0 Å². The van der Waals surface area contributed by atoms with Crippen LogP contribution in [0.4, 0.5) is 5.69 Å². The fourth-order valence-corrected chi connectivity index (χ4v) is 2.14. The lowest BCUT2D eigenvalue weighted by Gasteiger charge is -2.22. The Morgan fingerprint density at radius 1 is 1.28 bits per heavy atom. The van der Waals surface area contributed by atoms with Gasteiger partial charge in [-0.25, -0.2) is 0 Å². The maximum absolute atomic E-state index is 11.7. The van der Waals surface area contributed by atoms with Crippen LogP contribution in [0.15, 0.2) is 28.7 Å². The van der Waals surface area contributed by atoms with E-state index in [1.165, 1.54) is 0 Å². The van der Waals surface area contributed by atoms with Crippen molar-refractivity contribution in [2.45, 2.75) is 18.9 Å². The van der Waals surface area contributed by atoms with Gasteiger partial charge in [0.15, 0.2) is 0 Å². The van der Waals surface area contributed by atoms with E-state index in [9.17, 15) is 4.79 Å². The number of nitrogens with one attached hydrogen (secondary N) is 2. The lowest BCUT2D eigenvalue weighted by atomic mass is 10.1. The molecule has 0 spiro atoms. The molecule has 0 bridgehead atoms. The normalized spacial score (nSPS) is 16.5. The number of carbonyl (C=O) groups is 1. The van der Waals surface area contributed by atoms with Crippen LogP contribution in [-0.2, 0) is 9.53 Å². The largest absolute Gasteiger partial charge is 0.381 e. The average molecular weight is 313 g/mol. The number of amides is 1. The first-order valence-corrected chi connectivity index (χ1v) is 6.90. The molecule has 2 N–H and O–H groups in total. The summed E-state index contributed by atoms with van der Waals surface area (Å²) in [6, 6.07) is 7.95. The van der Waals surface area contributed by atoms with Crippen molar-refractivity contribution in [2.75, 3.05) is 25.1 Å². The summed E-state index contributed by atoms with van der Waals surface area (Å²) < 4.78 is 6.27. The lowest BCUT2D eigenvalue weighted by molar-refractivity contribution is -0.115. The minimum absolute atomic E-state index is 0.0104. The zero-order valence-electron chi connectivity index (χ0n) is 10.1. The highest BCUT2D eigenvalue weighted by molar-refractivity contribution is 9.10. The van der Waals surface area contributed by atoms with Gasteiger partial charge >= 0.3 is 0 Å². The van der Waals surface area contributed by atoms with E-state index in [1.54, 1.807) is 0 Å². The Morgan fingerprint density at radius 3 is 2.61 bits per heavy atom. The topological polar surface area (TPSA) is 50.4 Å². The van der Waals surface area contributed by atoms with E-state index in [0.717, 1.165) is 36.2 Å². The molecule has 98 valence electrons. The van der Waals surface area contributed by atoms with Gasteiger partial charge in [-0.3, -0.25) is 4.79 Å². The van der Waals surface area contributed by atoms with Gasteiger partial charge in [0.05, 0.1) is 6.54 Å². The van der Waals surface area contributed by atoms with Crippen molar-refractivity contribution in [1.82, 2.24) is 5.32 Å². The number of ether oxygens (including phenoxy) is 1. The molecule has 2 rings (SSSR count). The number of benzene rings is 1. The standard InChI is InChI=1S/C13H17BrN2O2/c14-10-1-3-12(4-2-10)16-13(17)9-15-11-5-7-18-8-6-11/h1-4,11,15H,5-9H2,(H,16,17). The summed E-state index contributed by atoms with van der Waals surface area (Å²) in [6.45, 7) is 1.92. The summed E-state index contributed by atoms with van der Waals surface area (Å²) in [5, 5.41) is 6.11. The van der Waals surface area contributed by atoms with E-state index in [1.807, 2.05) is 24.3 Å². The zero-order chi connectivity index (χ0) is 12.8. The predicted octanol–water partition coefficient (Wildman–Crippen LogP) is 2.16. The third-order valence-corrected chi connectivity index (χ3v) is 3.43. The second-order valence-electron chi connectivity index (χ2n) is 4.32. The van der Waals surface area contributed by atoms with Gasteiger partial charge in [0.25, 0.3) is 0 Å². The third kappa shape index (κ3) is 4.40. The molecular formula is C13H17BrN2O2. The molecule has 0 aromatic heterocycles. The van der Waals surface area contributed by atoms with Crippen LogP contribution in [0.1, 0.15) is 12.8 Å². The van der Waals surface area contributed by atoms with Crippen LogP contribution in [0.5, 0.6) is 0 Å². The summed E-state index contributed by atoms with van der Waals surface area (Å²) in [4.78, 5) is 11.7. The molecule has 1 aromatic rings. The molecule has 0 saturated carbocycles. The van der Waals surface area contributed by atoms with Crippen molar-refractivity contribution in [1.29, 1.82) is 0 Å². The number of anilines is 1. The first-order chi connectivity index (χ1) is 8.74. The summed E-state index contributed by atoms with van der Waals surface area (Å²) in [7, 11) is 0. The third-order valence-electron chi connectivity index (χ3n) is 2.90. The number of hydrogen-bond donors (Lipinski definition) is 2. The Hall–Kier alpha value is -0.910. The molecule has 1 amide bonds. The molecule has 4 nitrogen and oxygen atoms in total. The molecule has 1 aromatic carbocycles. The van der Waals surface area contributed by atoms with Gasteiger partial charge in [0, 0.05) is 29.4 Å². The Kier molecular flexibility index (Phi) is 5.16. The van der Waals surface area contributed by atoms with E-state index in [0.29, 0.717) is 12.6 Å². The molecule has 1 saturated heterocycles. The number of halogens is 1. The van der Waals surface area contributed by atoms with Crippen LogP contribution in [0.25, 0.3) is 0 Å². The summed E-state index contributed by atoms with van der Waals surface area (Å²) in [6.07, 6.45) is 1.96. The highest BCUT2D eigenvalue weighted by Gasteiger charge is 2.14. The fourth-order valence-electron chi connectivity index (χ4n) is 1.88. The molecule has 0 atom stereocenters. The van der Waals surface area contributed by atoms with Crippen molar-refractivity contribution in [3.05, 3.63) is 28.7 Å². The molecule has 18 heavy (non-hydrogen) atoms. The van der Waals surface area contributed by atoms with E-state index in [-0.39, 0.29) is 5.91 Å². The zero-order valence-corrected chi connectivity index (χ0v) is 11.7. The second-order valence-corrected chi connectivity index (χ2v) is 5.24. The Balaban J connectivity index is 1.73. The van der Waals surface area contributed by atoms with Crippen LogP contribution in [0.2, 0.25) is 0 Å². The van der Waals surface area contributed by atoms with Gasteiger partial charge in [-0.15, -0.1) is 0 Å². The smallest absolute Gasteiger partial charge is 0.238 e. The SMILES string of the molecule is O=C(CNC1CCOCC1)Nc1ccc(Br)cc1.